The first-order valence-corrected chi connectivity index (χ1v) is 6.35. The van der Waals surface area contributed by atoms with Crippen LogP contribution in [0.2, 0.25) is 0 Å². The van der Waals surface area contributed by atoms with Crippen molar-refractivity contribution in [2.24, 2.45) is 0 Å². The predicted octanol–water partition coefficient (Wildman–Crippen LogP) is 1.07. The van der Waals surface area contributed by atoms with Gasteiger partial charge in [-0.3, -0.25) is 14.4 Å². The monoisotopic (exact) mass is 312 g/mol. The average Bonchev–Trinajstić information content (AvgIpc) is 3.06. The molecule has 0 saturated carbocycles. The first-order chi connectivity index (χ1) is 10.3. The molecule has 2 aromatic rings. The van der Waals surface area contributed by atoms with E-state index in [1.807, 2.05) is 0 Å². The van der Waals surface area contributed by atoms with Gasteiger partial charge in [0.05, 0.1) is 6.54 Å². The molecule has 0 spiro atoms. The summed E-state index contributed by atoms with van der Waals surface area (Å²) in [5.74, 6) is -0.816. The van der Waals surface area contributed by atoms with Crippen molar-refractivity contribution < 1.29 is 23.1 Å². The van der Waals surface area contributed by atoms with Crippen molar-refractivity contribution >= 4 is 11.7 Å². The van der Waals surface area contributed by atoms with Crippen molar-refractivity contribution in [3.8, 4) is 0 Å². The highest BCUT2D eigenvalue weighted by molar-refractivity contribution is 5.94. The van der Waals surface area contributed by atoms with Crippen LogP contribution in [0.4, 0.5) is 19.0 Å². The molecule has 0 aromatic carbocycles. The third-order valence-corrected chi connectivity index (χ3v) is 3.50. The number of β-amino-alcohol motifs (C(OH)–C–C–N with tert-alkyl or cyclic N) is 1. The van der Waals surface area contributed by atoms with Gasteiger partial charge in [0.2, 0.25) is 11.5 Å². The molecule has 0 unspecified atom stereocenters. The van der Waals surface area contributed by atoms with E-state index in [1.165, 1.54) is 29.3 Å². The molecule has 0 bridgehead atoms. The van der Waals surface area contributed by atoms with Crippen LogP contribution in [0.3, 0.4) is 0 Å². The molecule has 9 heteroatoms. The Morgan fingerprint density at radius 1 is 1.36 bits per heavy atom. The number of carbonyl (C=O) groups is 1. The molecule has 3 rings (SSSR count). The molecule has 1 aliphatic rings. The van der Waals surface area contributed by atoms with Gasteiger partial charge in [-0.2, -0.15) is 18.3 Å². The third kappa shape index (κ3) is 2.13. The number of pyridine rings is 1. The van der Waals surface area contributed by atoms with Gasteiger partial charge in [0, 0.05) is 24.2 Å². The van der Waals surface area contributed by atoms with Crippen LogP contribution in [0, 0.1) is 0 Å². The number of rotatable bonds is 2. The lowest BCUT2D eigenvalue weighted by molar-refractivity contribution is -0.259. The van der Waals surface area contributed by atoms with Crippen LogP contribution < -0.4 is 4.90 Å². The summed E-state index contributed by atoms with van der Waals surface area (Å²) in [6.07, 6.45) is -0.667. The van der Waals surface area contributed by atoms with Crippen LogP contribution >= 0.6 is 0 Å². The summed E-state index contributed by atoms with van der Waals surface area (Å²) in [6.45, 7) is -1.15. The highest BCUT2D eigenvalue weighted by atomic mass is 19.4. The van der Waals surface area contributed by atoms with Gasteiger partial charge < -0.3 is 5.11 Å². The van der Waals surface area contributed by atoms with E-state index >= 15 is 0 Å². The Morgan fingerprint density at radius 3 is 2.77 bits per heavy atom. The van der Waals surface area contributed by atoms with Gasteiger partial charge in [-0.15, -0.1) is 0 Å². The Balaban J connectivity index is 1.96. The number of hydrogen-bond donors (Lipinski definition) is 1. The largest absolute Gasteiger partial charge is 0.423 e. The Morgan fingerprint density at radius 2 is 2.14 bits per heavy atom. The smallest absolute Gasteiger partial charge is 0.375 e. The van der Waals surface area contributed by atoms with Gasteiger partial charge in [-0.1, -0.05) is 6.07 Å². The molecule has 1 aliphatic heterocycles. The standard InChI is InChI=1S/C13H11F3N4O2/c14-13(15,16)12(22)8-20(11-9(12)3-1-4-17-11)10(21)7-19-6-2-5-18-19/h1-6,22H,7-8H2/t12-/m1/s1. The van der Waals surface area contributed by atoms with Gasteiger partial charge in [0.1, 0.15) is 12.4 Å². The van der Waals surface area contributed by atoms with Crippen LogP contribution in [0.1, 0.15) is 5.56 Å². The summed E-state index contributed by atoms with van der Waals surface area (Å²) in [5, 5.41) is 13.9. The lowest BCUT2D eigenvalue weighted by Gasteiger charge is -2.26. The molecule has 22 heavy (non-hydrogen) atoms. The van der Waals surface area contributed by atoms with Gasteiger partial charge >= 0.3 is 6.18 Å². The van der Waals surface area contributed by atoms with Crippen molar-refractivity contribution in [1.29, 1.82) is 0 Å². The Hall–Kier alpha value is -2.42. The number of fused-ring (bicyclic) bond motifs is 1. The first kappa shape index (κ1) is 14.5. The van der Waals surface area contributed by atoms with Crippen molar-refractivity contribution in [2.75, 3.05) is 11.4 Å². The van der Waals surface area contributed by atoms with E-state index in [9.17, 15) is 23.1 Å². The highest BCUT2D eigenvalue weighted by Gasteiger charge is 2.61. The summed E-state index contributed by atoms with van der Waals surface area (Å²) < 4.78 is 40.9. The zero-order chi connectivity index (χ0) is 16.0. The zero-order valence-electron chi connectivity index (χ0n) is 11.2. The van der Waals surface area contributed by atoms with Crippen LogP contribution in [-0.4, -0.2) is 38.5 Å². The van der Waals surface area contributed by atoms with E-state index in [2.05, 4.69) is 10.1 Å². The molecule has 0 saturated heterocycles. The lowest BCUT2D eigenvalue weighted by Crippen LogP contribution is -2.47. The molecule has 3 heterocycles. The molecule has 2 aromatic heterocycles. The summed E-state index contributed by atoms with van der Waals surface area (Å²) >= 11 is 0. The summed E-state index contributed by atoms with van der Waals surface area (Å²) in [5.41, 5.74) is -3.53. The van der Waals surface area contributed by atoms with Crippen molar-refractivity contribution in [3.05, 3.63) is 42.4 Å². The van der Waals surface area contributed by atoms with Crippen molar-refractivity contribution in [3.63, 3.8) is 0 Å². The molecule has 6 nitrogen and oxygen atoms in total. The second-order valence-electron chi connectivity index (χ2n) is 4.92. The molecule has 0 radical (unpaired) electrons. The number of amides is 1. The highest BCUT2D eigenvalue weighted by Crippen LogP contribution is 2.47. The minimum Gasteiger partial charge on any atom is -0.375 e. The first-order valence-electron chi connectivity index (χ1n) is 6.35. The molecule has 1 atom stereocenters. The summed E-state index contributed by atoms with van der Waals surface area (Å²) in [6, 6.07) is 4.00. The third-order valence-electron chi connectivity index (χ3n) is 3.50. The van der Waals surface area contributed by atoms with Crippen molar-refractivity contribution in [2.45, 2.75) is 18.3 Å². The van der Waals surface area contributed by atoms with Crippen LogP contribution in [-0.2, 0) is 16.9 Å². The number of halogens is 3. The van der Waals surface area contributed by atoms with Gasteiger partial charge in [0.25, 0.3) is 0 Å². The zero-order valence-corrected chi connectivity index (χ0v) is 11.2. The Bertz CT molecular complexity index is 702. The predicted molar refractivity (Wildman–Crippen MR) is 68.8 cm³/mol. The molecular weight excluding hydrogens is 301 g/mol. The summed E-state index contributed by atoms with van der Waals surface area (Å²) in [4.78, 5) is 16.9. The number of carbonyl (C=O) groups excluding carboxylic acids is 1. The average molecular weight is 312 g/mol. The SMILES string of the molecule is O=C(Cn1cccn1)N1C[C@](O)(C(F)(F)F)c2cccnc21. The molecule has 1 amide bonds. The maximum atomic E-state index is 13.2. The molecule has 0 aliphatic carbocycles. The molecular formula is C13H11F3N4O2. The van der Waals surface area contributed by atoms with E-state index in [-0.39, 0.29) is 12.4 Å². The number of alkyl halides is 3. The second kappa shape index (κ2) is 4.80. The number of aliphatic hydroxyl groups is 1. The van der Waals surface area contributed by atoms with E-state index in [1.54, 1.807) is 6.07 Å². The summed E-state index contributed by atoms with van der Waals surface area (Å²) in [7, 11) is 0. The molecule has 116 valence electrons. The van der Waals surface area contributed by atoms with E-state index in [4.69, 9.17) is 0 Å². The van der Waals surface area contributed by atoms with Crippen LogP contribution in [0.25, 0.3) is 0 Å². The topological polar surface area (TPSA) is 71.2 Å². The fourth-order valence-corrected chi connectivity index (χ4v) is 2.39. The second-order valence-corrected chi connectivity index (χ2v) is 4.92. The molecule has 1 N–H and O–H groups in total. The van der Waals surface area contributed by atoms with Gasteiger partial charge in [-0.25, -0.2) is 4.98 Å². The maximum Gasteiger partial charge on any atom is 0.423 e. The van der Waals surface area contributed by atoms with Crippen LogP contribution in [0.5, 0.6) is 0 Å². The minimum absolute atomic E-state index is 0.181. The fraction of sp³-hybridized carbons (Fsp3) is 0.308. The maximum absolute atomic E-state index is 13.2. The quantitative estimate of drug-likeness (QED) is 0.900. The number of aromatic nitrogens is 3. The normalized spacial score (nSPS) is 21.0. The lowest BCUT2D eigenvalue weighted by atomic mass is 9.97. The fourth-order valence-electron chi connectivity index (χ4n) is 2.39. The molecule has 0 fully saturated rings. The van der Waals surface area contributed by atoms with Crippen LogP contribution in [0.15, 0.2) is 36.8 Å². The Labute approximate surface area is 122 Å². The number of nitrogens with zero attached hydrogens (tertiary/aromatic N) is 4. The van der Waals surface area contributed by atoms with E-state index in [0.717, 1.165) is 11.0 Å². The minimum atomic E-state index is -4.91. The van der Waals surface area contributed by atoms with E-state index < -0.39 is 29.8 Å². The number of anilines is 1. The van der Waals surface area contributed by atoms with Crippen molar-refractivity contribution in [1.82, 2.24) is 14.8 Å². The van der Waals surface area contributed by atoms with E-state index in [0.29, 0.717) is 0 Å². The van der Waals surface area contributed by atoms with Gasteiger partial charge in [0.15, 0.2) is 0 Å². The van der Waals surface area contributed by atoms with Gasteiger partial charge in [-0.05, 0) is 12.1 Å². The number of hydrogen-bond acceptors (Lipinski definition) is 4. The Kier molecular flexibility index (Phi) is 3.17.